The van der Waals surface area contributed by atoms with Crippen LogP contribution in [0.5, 0.6) is 5.75 Å². The standard InChI is InChI=1S/C24H27N3O3/c1-26-15-17(14-25-26)5-10-23(28)27-11-3-4-21(16-27)24(29)20-7-6-19-13-22(30-2)9-8-18(19)12-20/h6-9,12-15,21H,3-5,10-11,16H2,1-2H3/t21-/m0/s1. The highest BCUT2D eigenvalue weighted by molar-refractivity contribution is 6.01. The number of aryl methyl sites for hydroxylation is 2. The van der Waals surface area contributed by atoms with Crippen molar-refractivity contribution < 1.29 is 14.3 Å². The first-order valence-corrected chi connectivity index (χ1v) is 10.4. The van der Waals surface area contributed by atoms with E-state index in [1.807, 2.05) is 54.5 Å². The second kappa shape index (κ2) is 8.69. The Labute approximate surface area is 176 Å². The molecule has 6 nitrogen and oxygen atoms in total. The lowest BCUT2D eigenvalue weighted by atomic mass is 9.89. The van der Waals surface area contributed by atoms with Crippen LogP contribution >= 0.6 is 0 Å². The molecule has 30 heavy (non-hydrogen) atoms. The fourth-order valence-electron chi connectivity index (χ4n) is 4.17. The molecule has 0 N–H and O–H groups in total. The fraction of sp³-hybridized carbons (Fsp3) is 0.375. The molecule has 1 amide bonds. The van der Waals surface area contributed by atoms with Crippen LogP contribution in [0.4, 0.5) is 0 Å². The summed E-state index contributed by atoms with van der Waals surface area (Å²) in [5.74, 6) is 0.894. The Balaban J connectivity index is 1.41. The average molecular weight is 405 g/mol. The van der Waals surface area contributed by atoms with Gasteiger partial charge in [0.1, 0.15) is 5.75 Å². The van der Waals surface area contributed by atoms with Gasteiger partial charge in [-0.05, 0) is 53.8 Å². The van der Waals surface area contributed by atoms with E-state index in [1.54, 1.807) is 18.0 Å². The van der Waals surface area contributed by atoms with Crippen molar-refractivity contribution in [3.05, 3.63) is 59.9 Å². The van der Waals surface area contributed by atoms with Crippen LogP contribution in [-0.4, -0.2) is 46.6 Å². The minimum Gasteiger partial charge on any atom is -0.497 e. The van der Waals surface area contributed by atoms with Gasteiger partial charge >= 0.3 is 0 Å². The maximum absolute atomic E-state index is 13.1. The van der Waals surface area contributed by atoms with E-state index in [9.17, 15) is 9.59 Å². The summed E-state index contributed by atoms with van der Waals surface area (Å²) in [6, 6.07) is 11.6. The molecule has 1 aliphatic heterocycles. The SMILES string of the molecule is COc1ccc2cc(C(=O)[C@H]3CCCN(C(=O)CCc4cnn(C)c4)C3)ccc2c1. The first-order valence-electron chi connectivity index (χ1n) is 10.4. The summed E-state index contributed by atoms with van der Waals surface area (Å²) in [7, 11) is 3.52. The van der Waals surface area contributed by atoms with Crippen LogP contribution in [0.25, 0.3) is 10.8 Å². The van der Waals surface area contributed by atoms with Crippen LogP contribution in [0.15, 0.2) is 48.8 Å². The summed E-state index contributed by atoms with van der Waals surface area (Å²) in [6.07, 6.45) is 6.54. The number of rotatable bonds is 6. The second-order valence-electron chi connectivity index (χ2n) is 7.99. The van der Waals surface area contributed by atoms with Crippen molar-refractivity contribution in [3.63, 3.8) is 0 Å². The zero-order chi connectivity index (χ0) is 21.1. The molecule has 0 saturated carbocycles. The Morgan fingerprint density at radius 3 is 2.73 bits per heavy atom. The molecule has 1 fully saturated rings. The molecule has 2 aromatic carbocycles. The molecule has 0 spiro atoms. The number of hydrogen-bond donors (Lipinski definition) is 0. The maximum atomic E-state index is 13.1. The van der Waals surface area contributed by atoms with Gasteiger partial charge in [-0.3, -0.25) is 14.3 Å². The van der Waals surface area contributed by atoms with Gasteiger partial charge in [0.2, 0.25) is 5.91 Å². The van der Waals surface area contributed by atoms with Crippen molar-refractivity contribution in [2.24, 2.45) is 13.0 Å². The highest BCUT2D eigenvalue weighted by Crippen LogP contribution is 2.26. The minimum absolute atomic E-state index is 0.113. The second-order valence-corrected chi connectivity index (χ2v) is 7.99. The molecule has 1 aromatic heterocycles. The Morgan fingerprint density at radius 2 is 1.97 bits per heavy atom. The summed E-state index contributed by atoms with van der Waals surface area (Å²) in [6.45, 7) is 1.23. The number of ketones is 1. The van der Waals surface area contributed by atoms with Gasteiger partial charge in [-0.15, -0.1) is 0 Å². The zero-order valence-electron chi connectivity index (χ0n) is 17.5. The smallest absolute Gasteiger partial charge is 0.222 e. The van der Waals surface area contributed by atoms with Crippen molar-refractivity contribution in [1.82, 2.24) is 14.7 Å². The van der Waals surface area contributed by atoms with E-state index < -0.39 is 0 Å². The largest absolute Gasteiger partial charge is 0.497 e. The van der Waals surface area contributed by atoms with Crippen LogP contribution in [0.1, 0.15) is 35.2 Å². The lowest BCUT2D eigenvalue weighted by molar-refractivity contribution is -0.132. The van der Waals surface area contributed by atoms with Crippen molar-refractivity contribution in [2.75, 3.05) is 20.2 Å². The summed E-state index contributed by atoms with van der Waals surface area (Å²) >= 11 is 0. The third-order valence-electron chi connectivity index (χ3n) is 5.86. The van der Waals surface area contributed by atoms with E-state index in [0.29, 0.717) is 24.9 Å². The van der Waals surface area contributed by atoms with Crippen LogP contribution in [0.2, 0.25) is 0 Å². The third-order valence-corrected chi connectivity index (χ3v) is 5.86. The molecule has 1 aliphatic rings. The molecule has 6 heteroatoms. The molecule has 0 radical (unpaired) electrons. The predicted molar refractivity (Wildman–Crippen MR) is 116 cm³/mol. The molecule has 0 unspecified atom stereocenters. The van der Waals surface area contributed by atoms with Gasteiger partial charge in [0.25, 0.3) is 0 Å². The summed E-state index contributed by atoms with van der Waals surface area (Å²) in [4.78, 5) is 27.7. The van der Waals surface area contributed by atoms with Crippen LogP contribution in [0, 0.1) is 5.92 Å². The number of nitrogens with zero attached hydrogens (tertiary/aromatic N) is 3. The molecule has 4 rings (SSSR count). The predicted octanol–water partition coefficient (Wildman–Crippen LogP) is 3.64. The van der Waals surface area contributed by atoms with Gasteiger partial charge in [-0.2, -0.15) is 5.10 Å². The number of amides is 1. The molecule has 3 aromatic rings. The van der Waals surface area contributed by atoms with E-state index in [-0.39, 0.29) is 17.6 Å². The van der Waals surface area contributed by atoms with Crippen LogP contribution < -0.4 is 4.74 Å². The monoisotopic (exact) mass is 405 g/mol. The number of aromatic nitrogens is 2. The molecule has 0 bridgehead atoms. The summed E-state index contributed by atoms with van der Waals surface area (Å²) in [5, 5.41) is 6.21. The number of Topliss-reactive ketones (excluding diaryl/α,β-unsaturated/α-hetero) is 1. The first kappa shape index (κ1) is 20.1. The van der Waals surface area contributed by atoms with E-state index >= 15 is 0 Å². The average Bonchev–Trinajstić information content (AvgIpc) is 3.21. The summed E-state index contributed by atoms with van der Waals surface area (Å²) in [5.41, 5.74) is 1.77. The van der Waals surface area contributed by atoms with Gasteiger partial charge in [0, 0.05) is 44.2 Å². The number of methoxy groups -OCH3 is 1. The highest BCUT2D eigenvalue weighted by Gasteiger charge is 2.29. The van der Waals surface area contributed by atoms with Crippen LogP contribution in [0.3, 0.4) is 0 Å². The Hall–Kier alpha value is -3.15. The lowest BCUT2D eigenvalue weighted by Crippen LogP contribution is -2.42. The lowest BCUT2D eigenvalue weighted by Gasteiger charge is -2.32. The first-order chi connectivity index (χ1) is 14.5. The zero-order valence-corrected chi connectivity index (χ0v) is 17.5. The number of likely N-dealkylation sites (tertiary alicyclic amines) is 1. The van der Waals surface area contributed by atoms with Crippen molar-refractivity contribution in [2.45, 2.75) is 25.7 Å². The Kier molecular flexibility index (Phi) is 5.84. The van der Waals surface area contributed by atoms with Gasteiger partial charge in [-0.25, -0.2) is 0 Å². The number of carbonyl (C=O) groups is 2. The highest BCUT2D eigenvalue weighted by atomic mass is 16.5. The van der Waals surface area contributed by atoms with Gasteiger partial charge in [-0.1, -0.05) is 18.2 Å². The van der Waals surface area contributed by atoms with Crippen molar-refractivity contribution in [3.8, 4) is 5.75 Å². The molecule has 2 heterocycles. The van der Waals surface area contributed by atoms with E-state index in [1.165, 1.54) is 0 Å². The number of piperidine rings is 1. The van der Waals surface area contributed by atoms with E-state index in [2.05, 4.69) is 5.10 Å². The maximum Gasteiger partial charge on any atom is 0.222 e. The van der Waals surface area contributed by atoms with Crippen molar-refractivity contribution >= 4 is 22.5 Å². The van der Waals surface area contributed by atoms with E-state index in [4.69, 9.17) is 4.74 Å². The quantitative estimate of drug-likeness (QED) is 0.588. The number of carbonyl (C=O) groups excluding carboxylic acids is 2. The topological polar surface area (TPSA) is 64.4 Å². The van der Waals surface area contributed by atoms with Gasteiger partial charge in [0.05, 0.1) is 13.3 Å². The Bertz CT molecular complexity index is 1070. The fourth-order valence-corrected chi connectivity index (χ4v) is 4.17. The van der Waals surface area contributed by atoms with Gasteiger partial charge < -0.3 is 9.64 Å². The number of benzene rings is 2. The molecule has 0 aliphatic carbocycles. The molecular weight excluding hydrogens is 378 g/mol. The normalized spacial score (nSPS) is 16.6. The van der Waals surface area contributed by atoms with Crippen LogP contribution in [-0.2, 0) is 18.3 Å². The molecular formula is C24H27N3O3. The summed E-state index contributed by atoms with van der Waals surface area (Å²) < 4.78 is 7.01. The number of ether oxygens (including phenoxy) is 1. The van der Waals surface area contributed by atoms with Gasteiger partial charge in [0.15, 0.2) is 5.78 Å². The molecule has 1 saturated heterocycles. The van der Waals surface area contributed by atoms with E-state index in [0.717, 1.165) is 41.5 Å². The molecule has 1 atom stereocenters. The molecule has 156 valence electrons. The minimum atomic E-state index is -0.142. The third kappa shape index (κ3) is 4.37. The number of fused-ring (bicyclic) bond motifs is 1. The Morgan fingerprint density at radius 1 is 1.17 bits per heavy atom. The number of hydrogen-bond acceptors (Lipinski definition) is 4. The van der Waals surface area contributed by atoms with Crippen molar-refractivity contribution in [1.29, 1.82) is 0 Å².